The van der Waals surface area contributed by atoms with Crippen LogP contribution in [-0.4, -0.2) is 25.6 Å². The van der Waals surface area contributed by atoms with Crippen molar-refractivity contribution in [2.75, 3.05) is 20.3 Å². The summed E-state index contributed by atoms with van der Waals surface area (Å²) in [6.07, 6.45) is 10.5. The van der Waals surface area contributed by atoms with Crippen molar-refractivity contribution in [3.63, 3.8) is 0 Å². The maximum Gasteiger partial charge on any atom is 0.119 e. The van der Waals surface area contributed by atoms with E-state index >= 15 is 0 Å². The fraction of sp³-hybridized carbons (Fsp3) is 0.310. The Morgan fingerprint density at radius 2 is 1.80 bits per heavy atom. The molecule has 1 atom stereocenters. The average Bonchev–Trinajstić information content (AvgIpc) is 2.84. The van der Waals surface area contributed by atoms with Gasteiger partial charge in [0.25, 0.3) is 0 Å². The van der Waals surface area contributed by atoms with Crippen molar-refractivity contribution >= 4 is 17.3 Å². The fourth-order valence-corrected chi connectivity index (χ4v) is 4.18. The lowest BCUT2D eigenvalue weighted by molar-refractivity contribution is 0.146. The van der Waals surface area contributed by atoms with Crippen molar-refractivity contribution in [3.05, 3.63) is 94.1 Å². The van der Waals surface area contributed by atoms with Crippen LogP contribution in [0.5, 0.6) is 5.75 Å². The van der Waals surface area contributed by atoms with Crippen LogP contribution in [0.25, 0.3) is 5.57 Å². The smallest absolute Gasteiger partial charge is 0.119 e. The molecule has 5 nitrogen and oxygen atoms in total. The molecule has 1 unspecified atom stereocenters. The van der Waals surface area contributed by atoms with Crippen LogP contribution in [0.1, 0.15) is 39.7 Å². The molecule has 2 N–H and O–H groups in total. The van der Waals surface area contributed by atoms with Gasteiger partial charge in [-0.05, 0) is 50.5 Å². The molecule has 1 aromatic carbocycles. The van der Waals surface area contributed by atoms with E-state index in [1.807, 2.05) is 75.4 Å². The number of hydrogen-bond acceptors (Lipinski definition) is 6. The van der Waals surface area contributed by atoms with Crippen LogP contribution in [0.15, 0.2) is 88.5 Å². The molecular weight excluding hydrogens is 454 g/mol. The maximum absolute atomic E-state index is 10.3. The van der Waals surface area contributed by atoms with Crippen molar-refractivity contribution in [1.82, 2.24) is 0 Å². The third-order valence-corrected chi connectivity index (χ3v) is 6.17. The summed E-state index contributed by atoms with van der Waals surface area (Å²) < 4.78 is 10.7. The third-order valence-electron chi connectivity index (χ3n) is 4.89. The summed E-state index contributed by atoms with van der Waals surface area (Å²) in [6, 6.07) is 11.9. The van der Waals surface area contributed by atoms with Crippen LogP contribution in [-0.2, 0) is 4.74 Å². The largest absolute Gasteiger partial charge is 0.491 e. The second-order valence-electron chi connectivity index (χ2n) is 7.59. The van der Waals surface area contributed by atoms with Gasteiger partial charge < -0.3 is 15.2 Å². The third kappa shape index (κ3) is 9.37. The van der Waals surface area contributed by atoms with E-state index in [1.54, 1.807) is 25.8 Å². The molecule has 0 amide bonds. The molecule has 0 aliphatic carbocycles. The first-order valence-electron chi connectivity index (χ1n) is 11.4. The number of nitriles is 2. The van der Waals surface area contributed by atoms with Gasteiger partial charge in [-0.1, -0.05) is 56.0 Å². The molecule has 6 heteroatoms. The van der Waals surface area contributed by atoms with E-state index < -0.39 is 0 Å². The minimum absolute atomic E-state index is 0.0176. The van der Waals surface area contributed by atoms with Gasteiger partial charge >= 0.3 is 0 Å². The van der Waals surface area contributed by atoms with E-state index in [0.717, 1.165) is 16.9 Å². The topological polar surface area (TPSA) is 92.1 Å². The molecule has 1 aromatic rings. The molecule has 0 saturated carbocycles. The molecule has 0 radical (unpaired) electrons. The molecule has 0 bridgehead atoms. The number of rotatable bonds is 13. The number of thioether (sulfide) groups is 1. The number of nitrogens with two attached hydrogens (primary N) is 1. The van der Waals surface area contributed by atoms with Gasteiger partial charge in [0.15, 0.2) is 0 Å². The highest BCUT2D eigenvalue weighted by molar-refractivity contribution is 8.04. The van der Waals surface area contributed by atoms with Gasteiger partial charge in [0.2, 0.25) is 0 Å². The first-order valence-corrected chi connectivity index (χ1v) is 12.3. The van der Waals surface area contributed by atoms with Crippen LogP contribution in [0.2, 0.25) is 0 Å². The van der Waals surface area contributed by atoms with Gasteiger partial charge in [0.1, 0.15) is 24.5 Å². The summed E-state index contributed by atoms with van der Waals surface area (Å²) in [5, 5.41) is 20.2. The second kappa shape index (κ2) is 16.2. The summed E-state index contributed by atoms with van der Waals surface area (Å²) in [5.74, 6) is 0.673. The lowest BCUT2D eigenvalue weighted by Crippen LogP contribution is -2.06. The highest BCUT2D eigenvalue weighted by Crippen LogP contribution is 2.39. The first-order chi connectivity index (χ1) is 16.8. The molecule has 0 heterocycles. The predicted molar refractivity (Wildman–Crippen MR) is 147 cm³/mol. The van der Waals surface area contributed by atoms with E-state index in [4.69, 9.17) is 15.2 Å². The van der Waals surface area contributed by atoms with E-state index in [1.165, 1.54) is 0 Å². The Morgan fingerprint density at radius 3 is 2.31 bits per heavy atom. The second-order valence-corrected chi connectivity index (χ2v) is 8.98. The Morgan fingerprint density at radius 1 is 1.14 bits per heavy atom. The number of allylic oxidation sites excluding steroid dienone is 9. The van der Waals surface area contributed by atoms with Gasteiger partial charge in [-0.25, -0.2) is 0 Å². The Labute approximate surface area is 214 Å². The standard InChI is InChI=1S/C29H35N3O2S/c1-7-9-10-12-21(3)23(5)35-28(11-8-2)27(20-31)29(26(19-30)22(4)32)24-13-15-25(16-14-24)34-18-17-33-6/h7,9-16,23H,3,8,17-18,32H2,1-2,4-6H3/b9-7-,12-10-,26-22+,28-11-,29-27-. The van der Waals surface area contributed by atoms with Crippen molar-refractivity contribution in [1.29, 1.82) is 10.5 Å². The Balaban J connectivity index is 3.59. The monoisotopic (exact) mass is 489 g/mol. The molecule has 0 aromatic heterocycles. The molecule has 0 fully saturated rings. The molecule has 0 aliphatic heterocycles. The predicted octanol–water partition coefficient (Wildman–Crippen LogP) is 6.85. The quantitative estimate of drug-likeness (QED) is 0.185. The van der Waals surface area contributed by atoms with E-state index in [0.29, 0.717) is 41.4 Å². The van der Waals surface area contributed by atoms with Gasteiger partial charge in [0, 0.05) is 28.5 Å². The van der Waals surface area contributed by atoms with Crippen molar-refractivity contribution in [2.45, 2.75) is 39.4 Å². The lowest BCUT2D eigenvalue weighted by atomic mass is 9.92. The number of hydrogen-bond donors (Lipinski definition) is 1. The summed E-state index contributed by atoms with van der Waals surface area (Å²) in [6.45, 7) is 12.8. The molecule has 35 heavy (non-hydrogen) atoms. The molecule has 0 aliphatic rings. The van der Waals surface area contributed by atoms with E-state index in [9.17, 15) is 10.5 Å². The highest BCUT2D eigenvalue weighted by atomic mass is 32.2. The normalized spacial score (nSPS) is 14.2. The Hall–Kier alpha value is -3.45. The number of methoxy groups -OCH3 is 1. The zero-order valence-electron chi connectivity index (χ0n) is 21.3. The summed E-state index contributed by atoms with van der Waals surface area (Å²) in [4.78, 5) is 0.785. The van der Waals surface area contributed by atoms with Gasteiger partial charge in [-0.15, -0.1) is 11.8 Å². The highest BCUT2D eigenvalue weighted by Gasteiger charge is 2.21. The van der Waals surface area contributed by atoms with Gasteiger partial charge in [-0.3, -0.25) is 0 Å². The van der Waals surface area contributed by atoms with Crippen molar-refractivity contribution in [2.24, 2.45) is 5.73 Å². The van der Waals surface area contributed by atoms with Crippen molar-refractivity contribution in [3.8, 4) is 17.9 Å². The molecule has 1 rings (SSSR count). The minimum Gasteiger partial charge on any atom is -0.491 e. The van der Waals surface area contributed by atoms with E-state index in [-0.39, 0.29) is 10.8 Å². The zero-order chi connectivity index (χ0) is 26.2. The van der Waals surface area contributed by atoms with Crippen LogP contribution >= 0.6 is 11.8 Å². The summed E-state index contributed by atoms with van der Waals surface area (Å²) in [5.41, 5.74) is 9.28. The fourth-order valence-electron chi connectivity index (χ4n) is 3.04. The van der Waals surface area contributed by atoms with Gasteiger partial charge in [-0.2, -0.15) is 10.5 Å². The van der Waals surface area contributed by atoms with Gasteiger partial charge in [0.05, 0.1) is 17.8 Å². The van der Waals surface area contributed by atoms with Crippen LogP contribution in [0, 0.1) is 22.7 Å². The zero-order valence-corrected chi connectivity index (χ0v) is 22.1. The van der Waals surface area contributed by atoms with E-state index in [2.05, 4.69) is 18.7 Å². The minimum atomic E-state index is 0.0176. The van der Waals surface area contributed by atoms with Crippen LogP contribution in [0.4, 0.5) is 0 Å². The summed E-state index contributed by atoms with van der Waals surface area (Å²) in [7, 11) is 1.62. The number of ether oxygens (including phenoxy) is 2. The van der Waals surface area contributed by atoms with Crippen LogP contribution in [0.3, 0.4) is 0 Å². The first kappa shape index (κ1) is 29.6. The molecule has 0 saturated heterocycles. The Bertz CT molecular complexity index is 1090. The van der Waals surface area contributed by atoms with Crippen LogP contribution < -0.4 is 10.5 Å². The lowest BCUT2D eigenvalue weighted by Gasteiger charge is -2.18. The molecular formula is C29H35N3O2S. The Kier molecular flexibility index (Phi) is 13.7. The number of nitrogens with zero attached hydrogens (tertiary/aromatic N) is 2. The van der Waals surface area contributed by atoms with Crippen molar-refractivity contribution < 1.29 is 9.47 Å². The average molecular weight is 490 g/mol. The molecule has 184 valence electrons. The molecule has 0 spiro atoms. The number of benzene rings is 1. The summed E-state index contributed by atoms with van der Waals surface area (Å²) >= 11 is 1.54. The SMILES string of the molecule is C=C(/C=C\C=C/C)C(C)SC(=C\CC)/C(C#N)=C(\C(C#N)=C(/C)N)c1ccc(OCCOC)cc1. The maximum atomic E-state index is 10.3.